The molecule has 1 aromatic carbocycles. The molecule has 34 heavy (non-hydrogen) atoms. The van der Waals surface area contributed by atoms with E-state index in [1.165, 1.54) is 44.3 Å². The standard InChI is InChI=1S/C28H32N4O2/c33-30-27-6-4-21-17-22(3-5-25(21)27)28-26(20-7-11-29-12-8-20)18-24(34-28)19-31-15-9-23(10-16-31)32-13-1-2-14-32/h3,5,7-8,11-12,17-18,23,27H,1-2,4,6,9-10,13-16,19H2. The van der Waals surface area contributed by atoms with Gasteiger partial charge in [0.1, 0.15) is 17.6 Å². The average Bonchev–Trinajstić information content (AvgIpc) is 3.64. The molecule has 3 aliphatic rings. The Bertz CT molecular complexity index is 1140. The normalized spacial score (nSPS) is 21.7. The minimum Gasteiger partial charge on any atom is -0.459 e. The van der Waals surface area contributed by atoms with Gasteiger partial charge in [-0.15, -0.1) is 0 Å². The zero-order chi connectivity index (χ0) is 22.9. The van der Waals surface area contributed by atoms with Gasteiger partial charge in [0.05, 0.1) is 6.54 Å². The van der Waals surface area contributed by atoms with E-state index in [-0.39, 0.29) is 6.04 Å². The fourth-order valence-electron chi connectivity index (χ4n) is 6.10. The van der Waals surface area contributed by atoms with E-state index in [9.17, 15) is 4.91 Å². The molecular formula is C28H32N4O2. The average molecular weight is 457 g/mol. The molecule has 0 spiro atoms. The monoisotopic (exact) mass is 456 g/mol. The highest BCUT2D eigenvalue weighted by Crippen LogP contribution is 2.40. The second kappa shape index (κ2) is 9.43. The Hall–Kier alpha value is -2.83. The van der Waals surface area contributed by atoms with Crippen molar-refractivity contribution in [1.29, 1.82) is 0 Å². The lowest BCUT2D eigenvalue weighted by molar-refractivity contribution is 0.118. The number of hydrogen-bond donors (Lipinski definition) is 0. The Morgan fingerprint density at radius 1 is 0.941 bits per heavy atom. The summed E-state index contributed by atoms with van der Waals surface area (Å²) in [5.41, 5.74) is 5.56. The molecule has 6 nitrogen and oxygen atoms in total. The Labute approximate surface area is 201 Å². The number of aryl methyl sites for hydroxylation is 1. The molecule has 1 unspecified atom stereocenters. The van der Waals surface area contributed by atoms with Gasteiger partial charge in [0.25, 0.3) is 0 Å². The minimum absolute atomic E-state index is 0.209. The summed E-state index contributed by atoms with van der Waals surface area (Å²) in [5.74, 6) is 1.91. The molecule has 0 radical (unpaired) electrons. The van der Waals surface area contributed by atoms with Crippen molar-refractivity contribution in [3.05, 3.63) is 70.6 Å². The van der Waals surface area contributed by atoms with Crippen LogP contribution in [0.2, 0.25) is 0 Å². The quantitative estimate of drug-likeness (QED) is 0.437. The molecule has 2 fully saturated rings. The summed E-state index contributed by atoms with van der Waals surface area (Å²) in [7, 11) is 0. The summed E-state index contributed by atoms with van der Waals surface area (Å²) >= 11 is 0. The van der Waals surface area contributed by atoms with Gasteiger partial charge < -0.3 is 9.32 Å². The van der Waals surface area contributed by atoms with Gasteiger partial charge in [-0.25, -0.2) is 0 Å². The van der Waals surface area contributed by atoms with Crippen LogP contribution in [0.4, 0.5) is 0 Å². The van der Waals surface area contributed by atoms with Crippen molar-refractivity contribution in [3.8, 4) is 22.5 Å². The van der Waals surface area contributed by atoms with E-state index < -0.39 is 0 Å². The second-order valence-corrected chi connectivity index (χ2v) is 10.0. The van der Waals surface area contributed by atoms with Gasteiger partial charge in [0.15, 0.2) is 0 Å². The van der Waals surface area contributed by atoms with Crippen molar-refractivity contribution in [2.75, 3.05) is 26.2 Å². The molecule has 2 aromatic heterocycles. The largest absolute Gasteiger partial charge is 0.459 e. The van der Waals surface area contributed by atoms with E-state index in [1.54, 1.807) is 0 Å². The third-order valence-corrected chi connectivity index (χ3v) is 7.95. The maximum atomic E-state index is 11.2. The van der Waals surface area contributed by atoms with Crippen LogP contribution in [-0.4, -0.2) is 47.0 Å². The Kier molecular flexibility index (Phi) is 6.02. The summed E-state index contributed by atoms with van der Waals surface area (Å²) < 4.78 is 6.54. The van der Waals surface area contributed by atoms with Gasteiger partial charge >= 0.3 is 0 Å². The van der Waals surface area contributed by atoms with Crippen LogP contribution in [0.5, 0.6) is 0 Å². The first-order chi connectivity index (χ1) is 16.8. The third kappa shape index (κ3) is 4.21. The lowest BCUT2D eigenvalue weighted by atomic mass is 9.99. The van der Waals surface area contributed by atoms with E-state index in [1.807, 2.05) is 24.5 Å². The molecule has 6 rings (SSSR count). The fourth-order valence-corrected chi connectivity index (χ4v) is 6.10. The van der Waals surface area contributed by atoms with Gasteiger partial charge in [-0.1, -0.05) is 17.3 Å². The number of nitroso groups, excluding NO2 is 1. The van der Waals surface area contributed by atoms with E-state index >= 15 is 0 Å². The van der Waals surface area contributed by atoms with Crippen LogP contribution < -0.4 is 0 Å². The minimum atomic E-state index is -0.209. The van der Waals surface area contributed by atoms with Crippen LogP contribution in [0, 0.1) is 4.91 Å². The molecule has 176 valence electrons. The highest BCUT2D eigenvalue weighted by atomic mass is 16.3. The zero-order valence-corrected chi connectivity index (χ0v) is 19.7. The predicted molar refractivity (Wildman–Crippen MR) is 133 cm³/mol. The number of benzene rings is 1. The number of fused-ring (bicyclic) bond motifs is 1. The summed E-state index contributed by atoms with van der Waals surface area (Å²) in [6, 6.07) is 13.2. The maximum Gasteiger partial charge on any atom is 0.142 e. The number of pyridine rings is 1. The Morgan fingerprint density at radius 2 is 1.74 bits per heavy atom. The molecule has 0 bridgehead atoms. The number of aromatic nitrogens is 1. The van der Waals surface area contributed by atoms with E-state index in [0.29, 0.717) is 0 Å². The number of furan rings is 1. The molecule has 0 N–H and O–H groups in total. The van der Waals surface area contributed by atoms with Crippen LogP contribution >= 0.6 is 0 Å². The Morgan fingerprint density at radius 3 is 2.50 bits per heavy atom. The van der Waals surface area contributed by atoms with Gasteiger partial charge in [-0.3, -0.25) is 9.88 Å². The first-order valence-corrected chi connectivity index (χ1v) is 12.7. The predicted octanol–water partition coefficient (Wildman–Crippen LogP) is 5.82. The van der Waals surface area contributed by atoms with Crippen LogP contribution in [0.1, 0.15) is 55.0 Å². The smallest absolute Gasteiger partial charge is 0.142 e. The second-order valence-electron chi connectivity index (χ2n) is 10.0. The molecule has 6 heteroatoms. The topological polar surface area (TPSA) is 61.9 Å². The van der Waals surface area contributed by atoms with Crippen molar-refractivity contribution in [2.24, 2.45) is 5.18 Å². The third-order valence-electron chi connectivity index (χ3n) is 7.95. The van der Waals surface area contributed by atoms with Crippen molar-refractivity contribution in [2.45, 2.75) is 57.2 Å². The molecule has 2 aliphatic heterocycles. The van der Waals surface area contributed by atoms with Gasteiger partial charge in [-0.2, -0.15) is 4.91 Å². The van der Waals surface area contributed by atoms with E-state index in [4.69, 9.17) is 4.42 Å². The van der Waals surface area contributed by atoms with Crippen LogP contribution in [0.15, 0.2) is 58.4 Å². The molecule has 0 saturated carbocycles. The zero-order valence-electron chi connectivity index (χ0n) is 19.7. The van der Waals surface area contributed by atoms with Gasteiger partial charge in [0.2, 0.25) is 0 Å². The number of nitrogens with zero attached hydrogens (tertiary/aromatic N) is 4. The van der Waals surface area contributed by atoms with E-state index in [2.05, 4.69) is 44.2 Å². The SMILES string of the molecule is O=NC1CCc2cc(-c3oc(CN4CCC(N5CCCC5)CC4)cc3-c3ccncc3)ccc21. The molecule has 2 saturated heterocycles. The summed E-state index contributed by atoms with van der Waals surface area (Å²) in [6.07, 6.45) is 10.6. The van der Waals surface area contributed by atoms with Gasteiger partial charge in [0, 0.05) is 42.7 Å². The molecular weight excluding hydrogens is 424 g/mol. The molecule has 3 aromatic rings. The van der Waals surface area contributed by atoms with Crippen molar-refractivity contribution < 1.29 is 4.42 Å². The van der Waals surface area contributed by atoms with Gasteiger partial charge in [-0.05, 0) is 92.6 Å². The van der Waals surface area contributed by atoms with Crippen LogP contribution in [0.3, 0.4) is 0 Å². The fraction of sp³-hybridized carbons (Fsp3) is 0.464. The van der Waals surface area contributed by atoms with Crippen LogP contribution in [0.25, 0.3) is 22.5 Å². The summed E-state index contributed by atoms with van der Waals surface area (Å²) in [4.78, 5) is 20.6. The van der Waals surface area contributed by atoms with Crippen molar-refractivity contribution in [1.82, 2.24) is 14.8 Å². The molecule has 1 aliphatic carbocycles. The Balaban J connectivity index is 1.25. The first kappa shape index (κ1) is 21.7. The lowest BCUT2D eigenvalue weighted by Crippen LogP contribution is -2.43. The molecule has 0 amide bonds. The number of piperidine rings is 1. The maximum absolute atomic E-state index is 11.2. The highest BCUT2D eigenvalue weighted by Gasteiger charge is 2.28. The van der Waals surface area contributed by atoms with E-state index in [0.717, 1.165) is 72.3 Å². The highest BCUT2D eigenvalue weighted by molar-refractivity contribution is 5.80. The molecule has 1 atom stereocenters. The molecule has 4 heterocycles. The first-order valence-electron chi connectivity index (χ1n) is 12.7. The lowest BCUT2D eigenvalue weighted by Gasteiger charge is -2.36. The number of rotatable bonds is 6. The summed E-state index contributed by atoms with van der Waals surface area (Å²) in [6.45, 7) is 5.66. The summed E-state index contributed by atoms with van der Waals surface area (Å²) in [5, 5.41) is 3.31. The van der Waals surface area contributed by atoms with Crippen molar-refractivity contribution in [3.63, 3.8) is 0 Å². The number of likely N-dealkylation sites (tertiary alicyclic amines) is 2. The van der Waals surface area contributed by atoms with Crippen molar-refractivity contribution >= 4 is 0 Å². The van der Waals surface area contributed by atoms with Crippen LogP contribution in [-0.2, 0) is 13.0 Å². The number of hydrogen-bond acceptors (Lipinski definition) is 6.